The number of aryl methyl sites for hydroxylation is 2. The molecule has 0 spiro atoms. The van der Waals surface area contributed by atoms with Gasteiger partial charge in [0.2, 0.25) is 0 Å². The summed E-state index contributed by atoms with van der Waals surface area (Å²) >= 11 is 0. The molecule has 4 heteroatoms. The van der Waals surface area contributed by atoms with Crippen molar-refractivity contribution in [3.63, 3.8) is 0 Å². The van der Waals surface area contributed by atoms with E-state index in [4.69, 9.17) is 4.42 Å². The summed E-state index contributed by atoms with van der Waals surface area (Å²) in [6, 6.07) is 11.9. The lowest BCUT2D eigenvalue weighted by molar-refractivity contribution is 0.661. The molecule has 0 fully saturated rings. The SMILES string of the molecule is Cc1nc(C)c2oc3c(-c4ccccn4)cccc3c2n1. The molecule has 0 aliphatic rings. The Morgan fingerprint density at radius 2 is 1.81 bits per heavy atom. The third-order valence-corrected chi connectivity index (χ3v) is 3.56. The monoisotopic (exact) mass is 275 g/mol. The first-order chi connectivity index (χ1) is 10.2. The average Bonchev–Trinajstić information content (AvgIpc) is 2.87. The number of hydrogen-bond acceptors (Lipinski definition) is 4. The lowest BCUT2D eigenvalue weighted by atomic mass is 10.1. The van der Waals surface area contributed by atoms with Gasteiger partial charge in [-0.2, -0.15) is 0 Å². The van der Waals surface area contributed by atoms with Crippen LogP contribution in [0.1, 0.15) is 11.5 Å². The summed E-state index contributed by atoms with van der Waals surface area (Å²) in [4.78, 5) is 13.3. The van der Waals surface area contributed by atoms with Gasteiger partial charge in [-0.1, -0.05) is 12.1 Å². The van der Waals surface area contributed by atoms with Crippen LogP contribution < -0.4 is 0 Å². The highest BCUT2D eigenvalue weighted by atomic mass is 16.3. The van der Waals surface area contributed by atoms with Crippen molar-refractivity contribution in [2.24, 2.45) is 0 Å². The summed E-state index contributed by atoms with van der Waals surface area (Å²) in [5.41, 5.74) is 5.16. The molecule has 4 rings (SSSR count). The van der Waals surface area contributed by atoms with Crippen LogP contribution in [0, 0.1) is 13.8 Å². The van der Waals surface area contributed by atoms with E-state index < -0.39 is 0 Å². The second-order valence-electron chi connectivity index (χ2n) is 5.03. The number of rotatable bonds is 1. The fraction of sp³-hybridized carbons (Fsp3) is 0.118. The third-order valence-electron chi connectivity index (χ3n) is 3.56. The predicted molar refractivity (Wildman–Crippen MR) is 82.0 cm³/mol. The molecule has 0 saturated heterocycles. The van der Waals surface area contributed by atoms with Crippen LogP contribution in [0.25, 0.3) is 33.3 Å². The van der Waals surface area contributed by atoms with Gasteiger partial charge in [0, 0.05) is 17.1 Å². The van der Waals surface area contributed by atoms with E-state index >= 15 is 0 Å². The molecule has 0 N–H and O–H groups in total. The van der Waals surface area contributed by atoms with E-state index in [0.29, 0.717) is 0 Å². The van der Waals surface area contributed by atoms with Crippen LogP contribution in [-0.2, 0) is 0 Å². The zero-order chi connectivity index (χ0) is 14.4. The molecule has 0 atom stereocenters. The molecule has 3 heterocycles. The van der Waals surface area contributed by atoms with Crippen molar-refractivity contribution in [1.82, 2.24) is 15.0 Å². The molecule has 0 amide bonds. The van der Waals surface area contributed by atoms with Gasteiger partial charge in [0.05, 0.1) is 11.4 Å². The highest BCUT2D eigenvalue weighted by Gasteiger charge is 2.15. The topological polar surface area (TPSA) is 51.8 Å². The second kappa shape index (κ2) is 4.38. The molecule has 21 heavy (non-hydrogen) atoms. The Bertz CT molecular complexity index is 958. The van der Waals surface area contributed by atoms with Crippen molar-refractivity contribution in [1.29, 1.82) is 0 Å². The van der Waals surface area contributed by atoms with Gasteiger partial charge in [-0.25, -0.2) is 9.97 Å². The van der Waals surface area contributed by atoms with Gasteiger partial charge >= 0.3 is 0 Å². The largest absolute Gasteiger partial charge is 0.452 e. The molecular weight excluding hydrogens is 262 g/mol. The Labute approximate surface area is 121 Å². The smallest absolute Gasteiger partial charge is 0.175 e. The highest BCUT2D eigenvalue weighted by molar-refractivity contribution is 6.07. The van der Waals surface area contributed by atoms with Crippen molar-refractivity contribution in [2.75, 3.05) is 0 Å². The van der Waals surface area contributed by atoms with Crippen LogP contribution in [0.4, 0.5) is 0 Å². The first kappa shape index (κ1) is 12.0. The maximum Gasteiger partial charge on any atom is 0.175 e. The molecule has 0 bridgehead atoms. The molecular formula is C17H13N3O. The average molecular weight is 275 g/mol. The number of pyridine rings is 1. The van der Waals surface area contributed by atoms with Gasteiger partial charge in [0.15, 0.2) is 5.58 Å². The lowest BCUT2D eigenvalue weighted by Gasteiger charge is -2.00. The van der Waals surface area contributed by atoms with Crippen LogP contribution in [0.2, 0.25) is 0 Å². The minimum atomic E-state index is 0.749. The highest BCUT2D eigenvalue weighted by Crippen LogP contribution is 2.34. The van der Waals surface area contributed by atoms with Gasteiger partial charge in [-0.05, 0) is 38.1 Å². The second-order valence-corrected chi connectivity index (χ2v) is 5.03. The Kier molecular flexibility index (Phi) is 2.51. The van der Waals surface area contributed by atoms with Crippen molar-refractivity contribution in [2.45, 2.75) is 13.8 Å². The number of fused-ring (bicyclic) bond motifs is 3. The van der Waals surface area contributed by atoms with Crippen LogP contribution in [-0.4, -0.2) is 15.0 Å². The molecule has 0 aliphatic heterocycles. The minimum Gasteiger partial charge on any atom is -0.452 e. The molecule has 3 aromatic heterocycles. The Morgan fingerprint density at radius 1 is 0.905 bits per heavy atom. The summed E-state index contributed by atoms with van der Waals surface area (Å²) < 4.78 is 6.06. The van der Waals surface area contributed by atoms with E-state index in [2.05, 4.69) is 15.0 Å². The molecule has 0 unspecified atom stereocenters. The number of aromatic nitrogens is 3. The van der Waals surface area contributed by atoms with E-state index in [0.717, 1.165) is 44.8 Å². The van der Waals surface area contributed by atoms with E-state index in [-0.39, 0.29) is 0 Å². The molecule has 0 aliphatic carbocycles. The summed E-state index contributed by atoms with van der Waals surface area (Å²) in [5, 5.41) is 1.00. The van der Waals surface area contributed by atoms with Crippen molar-refractivity contribution in [3.8, 4) is 11.3 Å². The van der Waals surface area contributed by atoms with Crippen LogP contribution in [0.5, 0.6) is 0 Å². The Hall–Kier alpha value is -2.75. The zero-order valence-electron chi connectivity index (χ0n) is 11.8. The summed E-state index contributed by atoms with van der Waals surface area (Å²) in [7, 11) is 0. The van der Waals surface area contributed by atoms with Gasteiger partial charge < -0.3 is 4.42 Å². The molecule has 102 valence electrons. The first-order valence-corrected chi connectivity index (χ1v) is 6.82. The number of benzene rings is 1. The van der Waals surface area contributed by atoms with E-state index in [1.807, 2.05) is 50.2 Å². The third kappa shape index (κ3) is 1.80. The van der Waals surface area contributed by atoms with Gasteiger partial charge in [-0.15, -0.1) is 0 Å². The number of nitrogens with zero attached hydrogens (tertiary/aromatic N) is 3. The van der Waals surface area contributed by atoms with E-state index in [1.54, 1.807) is 6.20 Å². The maximum atomic E-state index is 6.06. The summed E-state index contributed by atoms with van der Waals surface area (Å²) in [5.74, 6) is 0.755. The summed E-state index contributed by atoms with van der Waals surface area (Å²) in [6.07, 6.45) is 1.78. The zero-order valence-corrected chi connectivity index (χ0v) is 11.8. The number of hydrogen-bond donors (Lipinski definition) is 0. The normalized spacial score (nSPS) is 11.3. The van der Waals surface area contributed by atoms with Crippen LogP contribution in [0.15, 0.2) is 47.0 Å². The van der Waals surface area contributed by atoms with Gasteiger partial charge in [0.1, 0.15) is 16.9 Å². The predicted octanol–water partition coefficient (Wildman–Crippen LogP) is 4.05. The van der Waals surface area contributed by atoms with E-state index in [1.165, 1.54) is 0 Å². The van der Waals surface area contributed by atoms with Crippen LogP contribution in [0.3, 0.4) is 0 Å². The van der Waals surface area contributed by atoms with Crippen molar-refractivity contribution in [3.05, 3.63) is 54.1 Å². The standard InChI is InChI=1S/C17H13N3O/c1-10-16-15(20-11(2)19-10)13-7-5-6-12(17(13)21-16)14-8-3-4-9-18-14/h3-9H,1-2H3. The molecule has 4 nitrogen and oxygen atoms in total. The summed E-state index contributed by atoms with van der Waals surface area (Å²) in [6.45, 7) is 3.84. The van der Waals surface area contributed by atoms with Gasteiger partial charge in [0.25, 0.3) is 0 Å². The fourth-order valence-electron chi connectivity index (χ4n) is 2.67. The molecule has 4 aromatic rings. The quantitative estimate of drug-likeness (QED) is 0.525. The molecule has 0 radical (unpaired) electrons. The maximum absolute atomic E-state index is 6.06. The Balaban J connectivity index is 2.14. The lowest BCUT2D eigenvalue weighted by Crippen LogP contribution is -1.90. The first-order valence-electron chi connectivity index (χ1n) is 6.82. The fourth-order valence-corrected chi connectivity index (χ4v) is 2.67. The molecule has 1 aromatic carbocycles. The molecule has 0 saturated carbocycles. The van der Waals surface area contributed by atoms with Crippen LogP contribution >= 0.6 is 0 Å². The Morgan fingerprint density at radius 3 is 2.62 bits per heavy atom. The van der Waals surface area contributed by atoms with E-state index in [9.17, 15) is 0 Å². The van der Waals surface area contributed by atoms with Gasteiger partial charge in [-0.3, -0.25) is 4.98 Å². The van der Waals surface area contributed by atoms with Crippen molar-refractivity contribution >= 4 is 22.1 Å². The number of para-hydroxylation sites is 1. The minimum absolute atomic E-state index is 0.749. The van der Waals surface area contributed by atoms with Crippen molar-refractivity contribution < 1.29 is 4.42 Å². The number of furan rings is 1.